The summed E-state index contributed by atoms with van der Waals surface area (Å²) in [4.78, 5) is 43.0. The molecule has 7 nitrogen and oxygen atoms in total. The van der Waals surface area contributed by atoms with E-state index in [4.69, 9.17) is 4.74 Å². The van der Waals surface area contributed by atoms with Gasteiger partial charge in [0.2, 0.25) is 11.8 Å². The fourth-order valence-corrected chi connectivity index (χ4v) is 9.00. The molecule has 3 aliphatic rings. The molecule has 4 rings (SSSR count). The van der Waals surface area contributed by atoms with Crippen molar-refractivity contribution < 1.29 is 24.2 Å². The second kappa shape index (κ2) is 9.43. The first-order valence-corrected chi connectivity index (χ1v) is 13.5. The van der Waals surface area contributed by atoms with Gasteiger partial charge in [-0.15, -0.1) is 11.8 Å². The summed E-state index contributed by atoms with van der Waals surface area (Å²) in [6, 6.07) is 4.58. The number of benzene rings is 1. The molecule has 2 amide bonds. The van der Waals surface area contributed by atoms with Gasteiger partial charge in [0.05, 0.1) is 35.8 Å². The van der Waals surface area contributed by atoms with Crippen LogP contribution in [0.25, 0.3) is 0 Å². The number of aliphatic hydroxyl groups is 1. The second-order valence-corrected chi connectivity index (χ2v) is 12.8. The largest absolute Gasteiger partial charge is 0.466 e. The predicted octanol–water partition coefficient (Wildman–Crippen LogP) is 3.69. The van der Waals surface area contributed by atoms with Gasteiger partial charge in [-0.3, -0.25) is 14.4 Å². The summed E-state index contributed by atoms with van der Waals surface area (Å²) >= 11 is 1.62. The third-order valence-electron chi connectivity index (χ3n) is 8.08. The fraction of sp³-hybridized carbons (Fsp3) is 0.667. The topological polar surface area (TPSA) is 95.9 Å². The molecule has 35 heavy (non-hydrogen) atoms. The van der Waals surface area contributed by atoms with Gasteiger partial charge in [-0.05, 0) is 64.0 Å². The Balaban J connectivity index is 1.80. The Hall–Kier alpha value is -2.06. The normalized spacial score (nSPS) is 32.2. The molecule has 6 atom stereocenters. The lowest BCUT2D eigenvalue weighted by molar-refractivity contribution is -0.155. The van der Waals surface area contributed by atoms with Crippen molar-refractivity contribution >= 4 is 35.2 Å². The van der Waals surface area contributed by atoms with E-state index in [9.17, 15) is 19.5 Å². The van der Waals surface area contributed by atoms with Crippen molar-refractivity contribution in [2.24, 2.45) is 17.8 Å². The van der Waals surface area contributed by atoms with Crippen LogP contribution >= 0.6 is 11.8 Å². The van der Waals surface area contributed by atoms with Crippen molar-refractivity contribution in [2.75, 3.05) is 18.5 Å². The zero-order valence-corrected chi connectivity index (χ0v) is 22.4. The SMILES string of the molecule is CCOC(=O)[C@H]1[C@H]2C(=O)N([C@@H](CO)CC(C)C)C(C(=O)Nc3c(C)cccc3C)C23CC[C@]1(C)S3. The van der Waals surface area contributed by atoms with Gasteiger partial charge in [-0.1, -0.05) is 32.0 Å². The van der Waals surface area contributed by atoms with Crippen LogP contribution in [0, 0.1) is 31.6 Å². The van der Waals surface area contributed by atoms with E-state index in [0.29, 0.717) is 12.8 Å². The first-order valence-electron chi connectivity index (χ1n) is 12.7. The number of rotatable bonds is 8. The van der Waals surface area contributed by atoms with E-state index in [1.165, 1.54) is 0 Å². The van der Waals surface area contributed by atoms with Gasteiger partial charge in [-0.25, -0.2) is 0 Å². The number of hydrogen-bond donors (Lipinski definition) is 2. The standard InChI is InChI=1S/C27H38N2O5S/c1-7-34-25(33)20-19-24(32)29(18(14-30)13-15(2)3)22(27(19)12-11-26(20,6)35-27)23(31)28-21-16(4)9-8-10-17(21)5/h8-10,15,18-20,22,30H,7,11-14H2,1-6H3,(H,28,31)/t18-,19+,20-,22?,26+,27?/m1/s1. The molecule has 0 radical (unpaired) electrons. The Morgan fingerprint density at radius 2 is 1.91 bits per heavy atom. The molecule has 2 N–H and O–H groups in total. The lowest BCUT2D eigenvalue weighted by Gasteiger charge is -2.37. The van der Waals surface area contributed by atoms with E-state index >= 15 is 0 Å². The molecule has 1 aromatic rings. The highest BCUT2D eigenvalue weighted by atomic mass is 32.2. The number of carbonyl (C=O) groups is 3. The van der Waals surface area contributed by atoms with Gasteiger partial charge < -0.3 is 20.1 Å². The maximum atomic E-state index is 14.1. The van der Waals surface area contributed by atoms with Crippen LogP contribution in [-0.4, -0.2) is 62.6 Å². The fourth-order valence-electron chi connectivity index (χ4n) is 6.67. The molecular formula is C27H38N2O5S. The number of nitrogens with one attached hydrogen (secondary N) is 1. The number of amides is 2. The van der Waals surface area contributed by atoms with E-state index in [2.05, 4.69) is 5.32 Å². The summed E-state index contributed by atoms with van der Waals surface area (Å²) in [6.45, 7) is 11.8. The van der Waals surface area contributed by atoms with E-state index < -0.39 is 33.4 Å². The van der Waals surface area contributed by atoms with Gasteiger partial charge in [0.15, 0.2) is 0 Å². The molecule has 8 heteroatoms. The molecule has 3 aliphatic heterocycles. The number of fused-ring (bicyclic) bond motifs is 1. The Morgan fingerprint density at radius 1 is 1.26 bits per heavy atom. The van der Waals surface area contributed by atoms with E-state index in [-0.39, 0.29) is 36.9 Å². The molecule has 0 aromatic heterocycles. The minimum atomic E-state index is -0.777. The lowest BCUT2D eigenvalue weighted by atomic mass is 9.66. The maximum absolute atomic E-state index is 14.1. The summed E-state index contributed by atoms with van der Waals surface area (Å²) in [6.07, 6.45) is 1.98. The molecule has 192 valence electrons. The number of nitrogens with zero attached hydrogens (tertiary/aromatic N) is 1. The molecule has 1 aromatic carbocycles. The predicted molar refractivity (Wildman–Crippen MR) is 137 cm³/mol. The quantitative estimate of drug-likeness (QED) is 0.527. The average Bonchev–Trinajstić information content (AvgIpc) is 3.35. The van der Waals surface area contributed by atoms with Crippen LogP contribution in [0.4, 0.5) is 5.69 Å². The van der Waals surface area contributed by atoms with Crippen LogP contribution in [0.1, 0.15) is 58.1 Å². The molecular weight excluding hydrogens is 464 g/mol. The van der Waals surface area contributed by atoms with Gasteiger partial charge in [0.1, 0.15) is 6.04 Å². The molecule has 0 aliphatic carbocycles. The Bertz CT molecular complexity index is 1010. The van der Waals surface area contributed by atoms with Crippen LogP contribution in [0.3, 0.4) is 0 Å². The summed E-state index contributed by atoms with van der Waals surface area (Å²) in [5.74, 6) is -1.83. The first kappa shape index (κ1) is 26.0. The summed E-state index contributed by atoms with van der Waals surface area (Å²) in [5.41, 5.74) is 2.65. The van der Waals surface area contributed by atoms with Gasteiger partial charge >= 0.3 is 5.97 Å². The Labute approximate surface area is 212 Å². The minimum Gasteiger partial charge on any atom is -0.466 e. The lowest BCUT2D eigenvalue weighted by Crippen LogP contribution is -2.55. The van der Waals surface area contributed by atoms with Gasteiger partial charge in [0, 0.05) is 10.4 Å². The van der Waals surface area contributed by atoms with E-state index in [1.807, 2.05) is 52.8 Å². The van der Waals surface area contributed by atoms with Crippen molar-refractivity contribution in [3.63, 3.8) is 0 Å². The number of aryl methyl sites for hydroxylation is 2. The molecule has 2 unspecified atom stereocenters. The highest BCUT2D eigenvalue weighted by molar-refractivity contribution is 8.02. The number of anilines is 1. The van der Waals surface area contributed by atoms with Crippen LogP contribution in [0.5, 0.6) is 0 Å². The van der Waals surface area contributed by atoms with Crippen molar-refractivity contribution in [2.45, 2.75) is 82.4 Å². The van der Waals surface area contributed by atoms with Gasteiger partial charge in [-0.2, -0.15) is 0 Å². The molecule has 1 spiro atoms. The first-order chi connectivity index (χ1) is 16.5. The van der Waals surface area contributed by atoms with Crippen LogP contribution < -0.4 is 5.32 Å². The highest BCUT2D eigenvalue weighted by Crippen LogP contribution is 2.71. The smallest absolute Gasteiger partial charge is 0.311 e. The zero-order valence-electron chi connectivity index (χ0n) is 21.6. The molecule has 3 heterocycles. The highest BCUT2D eigenvalue weighted by Gasteiger charge is 2.78. The summed E-state index contributed by atoms with van der Waals surface area (Å²) in [5, 5.41) is 13.5. The number of esters is 1. The van der Waals surface area contributed by atoms with Crippen LogP contribution in [0.15, 0.2) is 18.2 Å². The van der Waals surface area contributed by atoms with Crippen LogP contribution in [-0.2, 0) is 19.1 Å². The summed E-state index contributed by atoms with van der Waals surface area (Å²) in [7, 11) is 0. The number of hydrogen-bond acceptors (Lipinski definition) is 6. The Morgan fingerprint density at radius 3 is 2.49 bits per heavy atom. The monoisotopic (exact) mass is 502 g/mol. The second-order valence-electron chi connectivity index (χ2n) is 10.9. The minimum absolute atomic E-state index is 0.208. The molecule has 2 bridgehead atoms. The number of para-hydroxylation sites is 1. The third-order valence-corrected chi connectivity index (χ3v) is 10.1. The van der Waals surface area contributed by atoms with Crippen molar-refractivity contribution in [3.05, 3.63) is 29.3 Å². The third kappa shape index (κ3) is 4.06. The zero-order chi connectivity index (χ0) is 25.7. The molecule has 0 saturated carbocycles. The van der Waals surface area contributed by atoms with Crippen molar-refractivity contribution in [1.29, 1.82) is 0 Å². The van der Waals surface area contributed by atoms with Crippen molar-refractivity contribution in [1.82, 2.24) is 4.90 Å². The average molecular weight is 503 g/mol. The van der Waals surface area contributed by atoms with Crippen LogP contribution in [0.2, 0.25) is 0 Å². The number of carbonyl (C=O) groups excluding carboxylic acids is 3. The number of aliphatic hydroxyl groups excluding tert-OH is 1. The number of ether oxygens (including phenoxy) is 1. The molecule has 3 fully saturated rings. The number of thioether (sulfide) groups is 1. The summed E-state index contributed by atoms with van der Waals surface area (Å²) < 4.78 is 4.25. The van der Waals surface area contributed by atoms with E-state index in [0.717, 1.165) is 23.2 Å². The molecule has 3 saturated heterocycles. The maximum Gasteiger partial charge on any atom is 0.311 e. The van der Waals surface area contributed by atoms with Gasteiger partial charge in [0.25, 0.3) is 0 Å². The van der Waals surface area contributed by atoms with E-state index in [1.54, 1.807) is 23.6 Å². The van der Waals surface area contributed by atoms with Crippen molar-refractivity contribution in [3.8, 4) is 0 Å². The number of likely N-dealkylation sites (tertiary alicyclic amines) is 1. The Kier molecular flexibility index (Phi) is 7.01.